The van der Waals surface area contributed by atoms with Gasteiger partial charge in [0.05, 0.1) is 5.52 Å². The van der Waals surface area contributed by atoms with Gasteiger partial charge in [-0.1, -0.05) is 44.2 Å². The van der Waals surface area contributed by atoms with Crippen molar-refractivity contribution >= 4 is 33.1 Å². The molecule has 0 aliphatic heterocycles. The normalized spacial score (nSPS) is 11.4. The molecular weight excluding hydrogens is 346 g/mol. The lowest BCUT2D eigenvalue weighted by Gasteiger charge is -2.19. The molecule has 0 atom stereocenters. The minimum atomic E-state index is 0.320. The van der Waals surface area contributed by atoms with E-state index in [1.54, 1.807) is 6.07 Å². The topological polar surface area (TPSA) is 48.4 Å². The van der Waals surface area contributed by atoms with Crippen LogP contribution in [0.25, 0.3) is 21.7 Å². The molecule has 0 unspecified atom stereocenters. The molecule has 0 fully saturated rings. The van der Waals surface area contributed by atoms with Gasteiger partial charge in [0.15, 0.2) is 0 Å². The zero-order chi connectivity index (χ0) is 19.5. The highest BCUT2D eigenvalue weighted by Gasteiger charge is 2.09. The molecule has 0 aliphatic rings. The maximum absolute atomic E-state index is 10.5. The third-order valence-corrected chi connectivity index (χ3v) is 5.26. The predicted octanol–water partition coefficient (Wildman–Crippen LogP) is 5.68. The first-order valence-corrected chi connectivity index (χ1v) is 9.76. The number of hydrogen-bond donors (Lipinski definition) is 2. The van der Waals surface area contributed by atoms with Crippen LogP contribution < -0.4 is 5.32 Å². The summed E-state index contributed by atoms with van der Waals surface area (Å²) in [7, 11) is 0. The van der Waals surface area contributed by atoms with E-state index in [4.69, 9.17) is 0 Å². The number of rotatable bonds is 6. The SMILES string of the molecule is CCN(CC)Cc1ccc(Nc2ccnc3cc4ccccc4cc23)cc1O. The fourth-order valence-electron chi connectivity index (χ4n) is 3.56. The van der Waals surface area contributed by atoms with Gasteiger partial charge >= 0.3 is 0 Å². The van der Waals surface area contributed by atoms with Crippen molar-refractivity contribution in [3.05, 3.63) is 72.4 Å². The standard InChI is InChI=1S/C24H25N3O/c1-3-27(4-2)16-19-9-10-20(15-24(19)28)26-22-11-12-25-23-14-18-8-6-5-7-17(18)13-21(22)23/h5-15,28H,3-4,16H2,1-2H3,(H,25,26). The molecule has 0 aliphatic carbocycles. The lowest BCUT2D eigenvalue weighted by Crippen LogP contribution is -2.22. The summed E-state index contributed by atoms with van der Waals surface area (Å²) in [6.07, 6.45) is 1.81. The number of fused-ring (bicyclic) bond motifs is 2. The number of phenols is 1. The zero-order valence-electron chi connectivity index (χ0n) is 16.3. The van der Waals surface area contributed by atoms with Crippen molar-refractivity contribution in [1.82, 2.24) is 9.88 Å². The molecule has 142 valence electrons. The van der Waals surface area contributed by atoms with Crippen LogP contribution in [0.3, 0.4) is 0 Å². The summed E-state index contributed by atoms with van der Waals surface area (Å²) in [5.41, 5.74) is 3.74. The Balaban J connectivity index is 1.66. The molecule has 4 aromatic rings. The van der Waals surface area contributed by atoms with Crippen LogP contribution in [-0.4, -0.2) is 28.1 Å². The Morgan fingerprint density at radius 3 is 2.39 bits per heavy atom. The Hall–Kier alpha value is -3.11. The molecule has 0 spiro atoms. The second-order valence-electron chi connectivity index (χ2n) is 7.00. The monoisotopic (exact) mass is 371 g/mol. The third kappa shape index (κ3) is 3.64. The van der Waals surface area contributed by atoms with Gasteiger partial charge in [-0.2, -0.15) is 0 Å². The van der Waals surface area contributed by atoms with Crippen molar-refractivity contribution in [1.29, 1.82) is 0 Å². The summed E-state index contributed by atoms with van der Waals surface area (Å²) in [6, 6.07) is 20.4. The lowest BCUT2D eigenvalue weighted by molar-refractivity contribution is 0.291. The van der Waals surface area contributed by atoms with Gasteiger partial charge in [0.25, 0.3) is 0 Å². The predicted molar refractivity (Wildman–Crippen MR) is 117 cm³/mol. The maximum Gasteiger partial charge on any atom is 0.122 e. The molecule has 4 heteroatoms. The summed E-state index contributed by atoms with van der Waals surface area (Å²) >= 11 is 0. The van der Waals surface area contributed by atoms with E-state index in [0.29, 0.717) is 5.75 Å². The average Bonchev–Trinajstić information content (AvgIpc) is 2.72. The Labute approximate surface area is 165 Å². The highest BCUT2D eigenvalue weighted by atomic mass is 16.3. The van der Waals surface area contributed by atoms with Gasteiger partial charge in [-0.05, 0) is 48.1 Å². The fraction of sp³-hybridized carbons (Fsp3) is 0.208. The summed E-state index contributed by atoms with van der Waals surface area (Å²) in [5, 5.41) is 17.4. The minimum Gasteiger partial charge on any atom is -0.508 e. The fourth-order valence-corrected chi connectivity index (χ4v) is 3.56. The highest BCUT2D eigenvalue weighted by Crippen LogP contribution is 2.31. The molecule has 2 N–H and O–H groups in total. The van der Waals surface area contributed by atoms with Crippen LogP contribution in [0.15, 0.2) is 66.9 Å². The molecule has 0 amide bonds. The molecule has 0 saturated heterocycles. The van der Waals surface area contributed by atoms with Crippen LogP contribution >= 0.6 is 0 Å². The van der Waals surface area contributed by atoms with E-state index >= 15 is 0 Å². The molecule has 0 radical (unpaired) electrons. The molecule has 3 aromatic carbocycles. The number of nitrogens with one attached hydrogen (secondary N) is 1. The van der Waals surface area contributed by atoms with Crippen LogP contribution in [0, 0.1) is 0 Å². The first-order chi connectivity index (χ1) is 13.7. The van der Waals surface area contributed by atoms with Gasteiger partial charge in [0.2, 0.25) is 0 Å². The van der Waals surface area contributed by atoms with Crippen LogP contribution in [0.1, 0.15) is 19.4 Å². The van der Waals surface area contributed by atoms with Gasteiger partial charge in [-0.25, -0.2) is 0 Å². The minimum absolute atomic E-state index is 0.320. The maximum atomic E-state index is 10.5. The second-order valence-corrected chi connectivity index (χ2v) is 7.00. The number of phenolic OH excluding ortho intramolecular Hbond substituents is 1. The van der Waals surface area contributed by atoms with Crippen molar-refractivity contribution < 1.29 is 5.11 Å². The summed E-state index contributed by atoms with van der Waals surface area (Å²) < 4.78 is 0. The molecule has 0 bridgehead atoms. The smallest absolute Gasteiger partial charge is 0.122 e. The molecule has 4 nitrogen and oxygen atoms in total. The Morgan fingerprint density at radius 1 is 0.929 bits per heavy atom. The van der Waals surface area contributed by atoms with Gasteiger partial charge in [-0.15, -0.1) is 0 Å². The number of aromatic nitrogens is 1. The summed E-state index contributed by atoms with van der Waals surface area (Å²) in [6.45, 7) is 6.95. The lowest BCUT2D eigenvalue weighted by atomic mass is 10.1. The number of nitrogens with zero attached hydrogens (tertiary/aromatic N) is 2. The van der Waals surface area contributed by atoms with Crippen LogP contribution in [0.4, 0.5) is 11.4 Å². The van der Waals surface area contributed by atoms with E-state index < -0.39 is 0 Å². The Morgan fingerprint density at radius 2 is 1.68 bits per heavy atom. The van der Waals surface area contributed by atoms with E-state index in [2.05, 4.69) is 53.3 Å². The molecule has 4 rings (SSSR count). The Kier molecular flexibility index (Phi) is 5.13. The molecule has 0 saturated carbocycles. The molecule has 1 aromatic heterocycles. The third-order valence-electron chi connectivity index (χ3n) is 5.26. The first kappa shape index (κ1) is 18.3. The first-order valence-electron chi connectivity index (χ1n) is 9.76. The van der Waals surface area contributed by atoms with E-state index in [0.717, 1.165) is 47.5 Å². The van der Waals surface area contributed by atoms with Crippen molar-refractivity contribution in [3.8, 4) is 5.75 Å². The zero-order valence-corrected chi connectivity index (χ0v) is 16.3. The average molecular weight is 371 g/mol. The largest absolute Gasteiger partial charge is 0.508 e. The molecule has 1 heterocycles. The summed E-state index contributed by atoms with van der Waals surface area (Å²) in [4.78, 5) is 6.80. The number of benzene rings is 3. The Bertz CT molecular complexity index is 1120. The van der Waals surface area contributed by atoms with Crippen molar-refractivity contribution in [3.63, 3.8) is 0 Å². The van der Waals surface area contributed by atoms with Crippen LogP contribution in [0.5, 0.6) is 5.75 Å². The van der Waals surface area contributed by atoms with Crippen molar-refractivity contribution in [2.24, 2.45) is 0 Å². The number of pyridine rings is 1. The van der Waals surface area contributed by atoms with Gasteiger partial charge in [-0.3, -0.25) is 9.88 Å². The summed E-state index contributed by atoms with van der Waals surface area (Å²) in [5.74, 6) is 0.320. The van der Waals surface area contributed by atoms with E-state index in [1.807, 2.05) is 36.5 Å². The van der Waals surface area contributed by atoms with E-state index in [1.165, 1.54) is 10.8 Å². The van der Waals surface area contributed by atoms with E-state index in [9.17, 15) is 5.11 Å². The highest BCUT2D eigenvalue weighted by molar-refractivity contribution is 6.02. The second kappa shape index (κ2) is 7.87. The van der Waals surface area contributed by atoms with Crippen LogP contribution in [0.2, 0.25) is 0 Å². The quantitative estimate of drug-likeness (QED) is 0.428. The van der Waals surface area contributed by atoms with Crippen molar-refractivity contribution in [2.75, 3.05) is 18.4 Å². The number of aromatic hydroxyl groups is 1. The van der Waals surface area contributed by atoms with E-state index in [-0.39, 0.29) is 0 Å². The van der Waals surface area contributed by atoms with Gasteiger partial charge in [0.1, 0.15) is 5.75 Å². The molecular formula is C24H25N3O. The van der Waals surface area contributed by atoms with Crippen molar-refractivity contribution in [2.45, 2.75) is 20.4 Å². The molecule has 28 heavy (non-hydrogen) atoms. The van der Waals surface area contributed by atoms with Crippen LogP contribution in [-0.2, 0) is 6.54 Å². The number of hydrogen-bond acceptors (Lipinski definition) is 4. The van der Waals surface area contributed by atoms with Gasteiger partial charge < -0.3 is 10.4 Å². The number of anilines is 2. The van der Waals surface area contributed by atoms with Gasteiger partial charge in [0, 0.05) is 41.1 Å².